The number of carbonyl (C=O) groups excluding carboxylic acids is 1. The molecule has 1 heterocycles. The van der Waals surface area contributed by atoms with Crippen LogP contribution in [0.1, 0.15) is 37.9 Å². The second-order valence-corrected chi connectivity index (χ2v) is 8.23. The lowest BCUT2D eigenvalue weighted by molar-refractivity contribution is -0.146. The first kappa shape index (κ1) is 21.0. The van der Waals surface area contributed by atoms with Crippen molar-refractivity contribution < 1.29 is 22.7 Å². The Kier molecular flexibility index (Phi) is 6.24. The molecule has 0 saturated heterocycles. The van der Waals surface area contributed by atoms with E-state index in [9.17, 15) is 18.0 Å². The van der Waals surface area contributed by atoms with Crippen LogP contribution in [0, 0.1) is 0 Å². The molecule has 3 N–H and O–H groups in total. The van der Waals surface area contributed by atoms with E-state index in [2.05, 4.69) is 21.2 Å². The molecule has 1 unspecified atom stereocenters. The van der Waals surface area contributed by atoms with E-state index in [0.717, 1.165) is 15.6 Å². The molecule has 9 heteroatoms. The summed E-state index contributed by atoms with van der Waals surface area (Å²) in [6, 6.07) is 3.07. The van der Waals surface area contributed by atoms with Crippen molar-refractivity contribution in [2.75, 3.05) is 13.1 Å². The van der Waals surface area contributed by atoms with E-state index < -0.39 is 36.5 Å². The van der Waals surface area contributed by atoms with Gasteiger partial charge in [-0.05, 0) is 44.0 Å². The maximum absolute atomic E-state index is 12.7. The molecule has 2 atom stereocenters. The molecule has 0 bridgehead atoms. The average molecular weight is 438 g/mol. The van der Waals surface area contributed by atoms with Gasteiger partial charge in [0, 0.05) is 24.1 Å². The monoisotopic (exact) mass is 437 g/mol. The number of nitrogens with two attached hydrogens (primary N) is 1. The summed E-state index contributed by atoms with van der Waals surface area (Å²) < 4.78 is 44.3. The van der Waals surface area contributed by atoms with E-state index in [4.69, 9.17) is 10.5 Å². The molecule has 1 aliphatic heterocycles. The van der Waals surface area contributed by atoms with Crippen molar-refractivity contribution in [1.82, 2.24) is 10.2 Å². The first-order chi connectivity index (χ1) is 11.9. The number of nitrogens with zero attached hydrogens (tertiary/aromatic N) is 1. The third kappa shape index (κ3) is 5.59. The van der Waals surface area contributed by atoms with Crippen LogP contribution in [0.3, 0.4) is 0 Å². The summed E-state index contributed by atoms with van der Waals surface area (Å²) in [6.07, 6.45) is -4.98. The van der Waals surface area contributed by atoms with Gasteiger partial charge in [-0.1, -0.05) is 22.0 Å². The number of amides is 1. The highest BCUT2D eigenvalue weighted by atomic mass is 79.9. The van der Waals surface area contributed by atoms with Crippen molar-refractivity contribution in [3.05, 3.63) is 33.8 Å². The summed E-state index contributed by atoms with van der Waals surface area (Å²) >= 11 is 3.38. The zero-order valence-electron chi connectivity index (χ0n) is 14.9. The van der Waals surface area contributed by atoms with Gasteiger partial charge in [0.25, 0.3) is 0 Å². The highest BCUT2D eigenvalue weighted by Gasteiger charge is 2.38. The zero-order chi connectivity index (χ0) is 19.7. The van der Waals surface area contributed by atoms with Gasteiger partial charge in [-0.15, -0.1) is 0 Å². The Labute approximate surface area is 159 Å². The number of benzene rings is 1. The Morgan fingerprint density at radius 2 is 2.08 bits per heavy atom. The van der Waals surface area contributed by atoms with Crippen LogP contribution >= 0.6 is 15.9 Å². The third-order valence-corrected chi connectivity index (χ3v) is 4.39. The lowest BCUT2D eigenvalue weighted by Crippen LogP contribution is -2.50. The minimum absolute atomic E-state index is 0.203. The largest absolute Gasteiger partial charge is 0.444 e. The van der Waals surface area contributed by atoms with Crippen molar-refractivity contribution >= 4 is 22.0 Å². The lowest BCUT2D eigenvalue weighted by atomic mass is 9.95. The number of nitrogens with one attached hydrogen (secondary N) is 1. The smallest absolute Gasteiger partial charge is 0.410 e. The van der Waals surface area contributed by atoms with Gasteiger partial charge >= 0.3 is 12.3 Å². The number of fused-ring (bicyclic) bond motifs is 1. The molecule has 5 nitrogen and oxygen atoms in total. The molecule has 0 saturated carbocycles. The number of alkyl halides is 3. The van der Waals surface area contributed by atoms with Crippen LogP contribution in [0.2, 0.25) is 0 Å². The Bertz CT molecular complexity index is 662. The molecule has 1 aliphatic rings. The molecular formula is C17H23BrF3N3O2. The molecular weight excluding hydrogens is 415 g/mol. The molecule has 1 aromatic rings. The second-order valence-electron chi connectivity index (χ2n) is 7.31. The van der Waals surface area contributed by atoms with Gasteiger partial charge in [0.1, 0.15) is 11.6 Å². The van der Waals surface area contributed by atoms with Crippen LogP contribution in [0.15, 0.2) is 22.7 Å². The van der Waals surface area contributed by atoms with E-state index in [1.54, 1.807) is 20.8 Å². The normalized spacial score (nSPS) is 19.1. The summed E-state index contributed by atoms with van der Waals surface area (Å²) in [5, 5.41) is 2.84. The predicted molar refractivity (Wildman–Crippen MR) is 95.6 cm³/mol. The number of hydrogen-bond donors (Lipinski definition) is 2. The summed E-state index contributed by atoms with van der Waals surface area (Å²) in [4.78, 5) is 13.9. The quantitative estimate of drug-likeness (QED) is 0.755. The predicted octanol–water partition coefficient (Wildman–Crippen LogP) is 3.72. The number of carbonyl (C=O) groups is 1. The first-order valence-electron chi connectivity index (χ1n) is 8.19. The first-order valence-corrected chi connectivity index (χ1v) is 8.98. The molecule has 1 aromatic carbocycles. The Balaban J connectivity index is 2.19. The van der Waals surface area contributed by atoms with Gasteiger partial charge < -0.3 is 20.7 Å². The summed E-state index contributed by atoms with van der Waals surface area (Å²) in [5.74, 6) is 0. The van der Waals surface area contributed by atoms with Crippen molar-refractivity contribution in [3.8, 4) is 0 Å². The summed E-state index contributed by atoms with van der Waals surface area (Å²) in [6.45, 7) is 5.37. The van der Waals surface area contributed by atoms with Crippen molar-refractivity contribution in [1.29, 1.82) is 0 Å². The summed E-state index contributed by atoms with van der Waals surface area (Å²) in [5.41, 5.74) is 6.22. The van der Waals surface area contributed by atoms with Gasteiger partial charge in [-0.3, -0.25) is 0 Å². The fourth-order valence-electron chi connectivity index (χ4n) is 2.67. The number of hydrogen-bond acceptors (Lipinski definition) is 4. The fraction of sp³-hybridized carbons (Fsp3) is 0.588. The average Bonchev–Trinajstić information content (AvgIpc) is 2.48. The number of halogens is 4. The van der Waals surface area contributed by atoms with Crippen molar-refractivity contribution in [2.24, 2.45) is 5.73 Å². The van der Waals surface area contributed by atoms with E-state index in [-0.39, 0.29) is 6.54 Å². The second kappa shape index (κ2) is 7.74. The van der Waals surface area contributed by atoms with Gasteiger partial charge in [0.15, 0.2) is 0 Å². The Morgan fingerprint density at radius 3 is 2.65 bits per heavy atom. The topological polar surface area (TPSA) is 67.6 Å². The van der Waals surface area contributed by atoms with E-state index in [1.807, 2.05) is 18.2 Å². The van der Waals surface area contributed by atoms with Gasteiger partial charge in [-0.25, -0.2) is 4.79 Å². The molecule has 0 fully saturated rings. The highest BCUT2D eigenvalue weighted by molar-refractivity contribution is 9.10. The van der Waals surface area contributed by atoms with Crippen molar-refractivity contribution in [2.45, 2.75) is 51.2 Å². The maximum atomic E-state index is 12.7. The van der Waals surface area contributed by atoms with Crippen LogP contribution in [-0.2, 0) is 11.3 Å². The Hall–Kier alpha value is -1.32. The molecule has 0 aromatic heterocycles. The third-order valence-electron chi connectivity index (χ3n) is 3.90. The SMILES string of the molecule is CC(C)(C)OC(=O)N1Cc2cc(Br)ccc2C(NC[C@H](N)C(F)(F)F)C1. The highest BCUT2D eigenvalue weighted by Crippen LogP contribution is 2.30. The van der Waals surface area contributed by atoms with Crippen LogP contribution in [0.5, 0.6) is 0 Å². The van der Waals surface area contributed by atoms with Crippen LogP contribution < -0.4 is 11.1 Å². The zero-order valence-corrected chi connectivity index (χ0v) is 16.4. The molecule has 1 amide bonds. The van der Waals surface area contributed by atoms with Crippen LogP contribution in [-0.4, -0.2) is 41.9 Å². The minimum Gasteiger partial charge on any atom is -0.444 e. The summed E-state index contributed by atoms with van der Waals surface area (Å²) in [7, 11) is 0. The molecule has 0 spiro atoms. The lowest BCUT2D eigenvalue weighted by Gasteiger charge is -2.36. The minimum atomic E-state index is -4.48. The van der Waals surface area contributed by atoms with Crippen LogP contribution in [0.4, 0.5) is 18.0 Å². The number of rotatable bonds is 3. The number of ether oxygens (including phenoxy) is 1. The Morgan fingerprint density at radius 1 is 1.42 bits per heavy atom. The molecule has 0 aliphatic carbocycles. The fourth-order valence-corrected chi connectivity index (χ4v) is 3.07. The van der Waals surface area contributed by atoms with E-state index in [0.29, 0.717) is 6.54 Å². The van der Waals surface area contributed by atoms with E-state index >= 15 is 0 Å². The molecule has 146 valence electrons. The van der Waals surface area contributed by atoms with Gasteiger partial charge in [0.2, 0.25) is 0 Å². The standard InChI is InChI=1S/C17H23BrF3N3O2/c1-16(2,3)26-15(25)24-8-10-6-11(18)4-5-12(10)13(9-24)23-7-14(22)17(19,20)21/h4-6,13-14,23H,7-9,22H2,1-3H3/t13?,14-/m0/s1. The van der Waals surface area contributed by atoms with Gasteiger partial charge in [0.05, 0.1) is 6.04 Å². The maximum Gasteiger partial charge on any atom is 0.410 e. The molecule has 26 heavy (non-hydrogen) atoms. The van der Waals surface area contributed by atoms with Crippen LogP contribution in [0.25, 0.3) is 0 Å². The van der Waals surface area contributed by atoms with Gasteiger partial charge in [-0.2, -0.15) is 13.2 Å². The molecule has 0 radical (unpaired) electrons. The molecule has 2 rings (SSSR count). The van der Waals surface area contributed by atoms with E-state index in [1.165, 1.54) is 4.90 Å². The van der Waals surface area contributed by atoms with Crippen molar-refractivity contribution in [3.63, 3.8) is 0 Å².